The Bertz CT molecular complexity index is 588. The van der Waals surface area contributed by atoms with Crippen molar-refractivity contribution in [2.45, 2.75) is 39.5 Å². The third-order valence-electron chi connectivity index (χ3n) is 3.50. The number of rotatable bonds is 6. The Morgan fingerprint density at radius 3 is 2.32 bits per heavy atom. The van der Waals surface area contributed by atoms with Gasteiger partial charge in [-0.1, -0.05) is 49.6 Å². The highest BCUT2D eigenvalue weighted by molar-refractivity contribution is 5.86. The average Bonchev–Trinajstić information content (AvgIpc) is 2.51. The summed E-state index contributed by atoms with van der Waals surface area (Å²) in [4.78, 5) is 11.8. The predicted octanol–water partition coefficient (Wildman–Crippen LogP) is 5.34. The van der Waals surface area contributed by atoms with Crippen molar-refractivity contribution in [3.05, 3.63) is 59.7 Å². The van der Waals surface area contributed by atoms with Gasteiger partial charge in [0.2, 0.25) is 0 Å². The van der Waals surface area contributed by atoms with Crippen LogP contribution in [-0.4, -0.2) is 6.09 Å². The zero-order valence-corrected chi connectivity index (χ0v) is 13.3. The molecule has 0 heterocycles. The van der Waals surface area contributed by atoms with Crippen LogP contribution in [0.5, 0.6) is 5.75 Å². The van der Waals surface area contributed by atoms with Crippen molar-refractivity contribution in [2.75, 3.05) is 5.32 Å². The van der Waals surface area contributed by atoms with Crippen LogP contribution in [0.2, 0.25) is 0 Å². The minimum absolute atomic E-state index is 0.470. The third kappa shape index (κ3) is 5.24. The molecule has 1 N–H and O–H groups in total. The monoisotopic (exact) mass is 297 g/mol. The van der Waals surface area contributed by atoms with E-state index >= 15 is 0 Å². The summed E-state index contributed by atoms with van der Waals surface area (Å²) in [5.74, 6) is 0.559. The van der Waals surface area contributed by atoms with E-state index in [4.69, 9.17) is 4.74 Å². The number of benzene rings is 2. The van der Waals surface area contributed by atoms with Gasteiger partial charge in [0.15, 0.2) is 0 Å². The van der Waals surface area contributed by atoms with E-state index in [9.17, 15) is 4.79 Å². The summed E-state index contributed by atoms with van der Waals surface area (Å²) < 4.78 is 5.28. The molecule has 1 amide bonds. The van der Waals surface area contributed by atoms with Crippen LogP contribution in [-0.2, 0) is 6.42 Å². The third-order valence-corrected chi connectivity index (χ3v) is 3.50. The van der Waals surface area contributed by atoms with Gasteiger partial charge >= 0.3 is 6.09 Å². The Balaban J connectivity index is 1.84. The molecule has 22 heavy (non-hydrogen) atoms. The lowest BCUT2D eigenvalue weighted by Gasteiger charge is -2.07. The topological polar surface area (TPSA) is 38.3 Å². The number of anilines is 1. The molecule has 0 atom stereocenters. The average molecular weight is 297 g/mol. The fraction of sp³-hybridized carbons (Fsp3) is 0.316. The van der Waals surface area contributed by atoms with Crippen molar-refractivity contribution < 1.29 is 9.53 Å². The number of carbonyl (C=O) groups excluding carboxylic acids is 1. The van der Waals surface area contributed by atoms with Gasteiger partial charge < -0.3 is 4.74 Å². The van der Waals surface area contributed by atoms with E-state index in [0.29, 0.717) is 5.75 Å². The largest absolute Gasteiger partial charge is 0.417 e. The summed E-state index contributed by atoms with van der Waals surface area (Å²) in [7, 11) is 0. The Hall–Kier alpha value is -2.29. The van der Waals surface area contributed by atoms with Crippen molar-refractivity contribution >= 4 is 11.8 Å². The quantitative estimate of drug-likeness (QED) is 0.731. The van der Waals surface area contributed by atoms with Gasteiger partial charge in [0.1, 0.15) is 5.75 Å². The van der Waals surface area contributed by atoms with Gasteiger partial charge in [-0.25, -0.2) is 4.79 Å². The highest BCUT2D eigenvalue weighted by Gasteiger charge is 2.05. The highest BCUT2D eigenvalue weighted by Crippen LogP contribution is 2.16. The van der Waals surface area contributed by atoms with E-state index in [1.165, 1.54) is 24.8 Å². The first-order valence-corrected chi connectivity index (χ1v) is 7.82. The van der Waals surface area contributed by atoms with Gasteiger partial charge in [-0.05, 0) is 49.6 Å². The van der Waals surface area contributed by atoms with Crippen molar-refractivity contribution in [3.8, 4) is 5.75 Å². The molecule has 2 rings (SSSR count). The molecule has 0 saturated carbocycles. The smallest absolute Gasteiger partial charge is 0.410 e. The molecule has 0 unspecified atom stereocenters. The lowest BCUT2D eigenvalue weighted by molar-refractivity contribution is 0.215. The second kappa shape index (κ2) is 8.23. The number of hydrogen-bond acceptors (Lipinski definition) is 2. The summed E-state index contributed by atoms with van der Waals surface area (Å²) in [6.07, 6.45) is 4.27. The highest BCUT2D eigenvalue weighted by atomic mass is 16.6. The van der Waals surface area contributed by atoms with Crippen LogP contribution in [0.1, 0.15) is 37.3 Å². The molecular formula is C19H23NO2. The fourth-order valence-electron chi connectivity index (χ4n) is 2.19. The minimum Gasteiger partial charge on any atom is -0.410 e. The van der Waals surface area contributed by atoms with E-state index in [2.05, 4.69) is 12.2 Å². The number of carbonyl (C=O) groups is 1. The Labute approximate surface area is 132 Å². The molecule has 0 saturated heterocycles. The first kappa shape index (κ1) is 16.1. The molecule has 0 aromatic heterocycles. The molecule has 0 bridgehead atoms. The van der Waals surface area contributed by atoms with Gasteiger partial charge in [-0.2, -0.15) is 0 Å². The molecule has 116 valence electrons. The molecule has 2 aromatic carbocycles. The molecule has 3 heteroatoms. The van der Waals surface area contributed by atoms with Crippen LogP contribution in [0, 0.1) is 6.92 Å². The van der Waals surface area contributed by atoms with E-state index < -0.39 is 6.09 Å². The van der Waals surface area contributed by atoms with Crippen molar-refractivity contribution in [1.82, 2.24) is 0 Å². The lowest BCUT2D eigenvalue weighted by Crippen LogP contribution is -2.16. The van der Waals surface area contributed by atoms with Crippen LogP contribution in [0.25, 0.3) is 0 Å². The standard InChI is InChI=1S/C19H23NO2/c1-3-4-5-6-16-9-13-18(14-10-16)22-19(21)20-17-11-7-15(2)8-12-17/h7-14H,3-6H2,1-2H3,(H,20,21). The predicted molar refractivity (Wildman–Crippen MR) is 90.5 cm³/mol. The van der Waals surface area contributed by atoms with Crippen LogP contribution in [0.15, 0.2) is 48.5 Å². The maximum atomic E-state index is 11.8. The van der Waals surface area contributed by atoms with E-state index in [1.807, 2.05) is 55.5 Å². The summed E-state index contributed by atoms with van der Waals surface area (Å²) in [5, 5.41) is 2.71. The number of unbranched alkanes of at least 4 members (excludes halogenated alkanes) is 2. The Kier molecular flexibility index (Phi) is 6.01. The molecule has 2 aromatic rings. The molecule has 0 spiro atoms. The second-order valence-corrected chi connectivity index (χ2v) is 5.48. The zero-order chi connectivity index (χ0) is 15.8. The van der Waals surface area contributed by atoms with Gasteiger partial charge in [-0.3, -0.25) is 5.32 Å². The summed E-state index contributed by atoms with van der Waals surface area (Å²) >= 11 is 0. The van der Waals surface area contributed by atoms with Crippen molar-refractivity contribution in [1.29, 1.82) is 0 Å². The number of hydrogen-bond donors (Lipinski definition) is 1. The van der Waals surface area contributed by atoms with Crippen molar-refractivity contribution in [3.63, 3.8) is 0 Å². The molecule has 3 nitrogen and oxygen atoms in total. The maximum Gasteiger partial charge on any atom is 0.417 e. The van der Waals surface area contributed by atoms with Crippen LogP contribution in [0.4, 0.5) is 10.5 Å². The molecule has 0 radical (unpaired) electrons. The lowest BCUT2D eigenvalue weighted by atomic mass is 10.1. The van der Waals surface area contributed by atoms with Gasteiger partial charge in [0, 0.05) is 5.69 Å². The molecule has 0 aliphatic carbocycles. The number of amides is 1. The van der Waals surface area contributed by atoms with E-state index in [0.717, 1.165) is 17.7 Å². The summed E-state index contributed by atoms with van der Waals surface area (Å²) in [6.45, 7) is 4.20. The van der Waals surface area contributed by atoms with Crippen LogP contribution >= 0.6 is 0 Å². The molecular weight excluding hydrogens is 274 g/mol. The summed E-state index contributed by atoms with van der Waals surface area (Å²) in [5.41, 5.74) is 3.16. The normalized spacial score (nSPS) is 10.3. The number of ether oxygens (including phenoxy) is 1. The first-order chi connectivity index (χ1) is 10.7. The first-order valence-electron chi connectivity index (χ1n) is 7.82. The van der Waals surface area contributed by atoms with Crippen LogP contribution in [0.3, 0.4) is 0 Å². The zero-order valence-electron chi connectivity index (χ0n) is 13.3. The SMILES string of the molecule is CCCCCc1ccc(OC(=O)Nc2ccc(C)cc2)cc1. The number of nitrogens with one attached hydrogen (secondary N) is 1. The summed E-state index contributed by atoms with van der Waals surface area (Å²) in [6, 6.07) is 15.3. The molecule has 0 fully saturated rings. The van der Waals surface area contributed by atoms with Gasteiger partial charge in [-0.15, -0.1) is 0 Å². The molecule has 0 aliphatic heterocycles. The maximum absolute atomic E-state index is 11.8. The minimum atomic E-state index is -0.470. The van der Waals surface area contributed by atoms with Gasteiger partial charge in [0.05, 0.1) is 0 Å². The van der Waals surface area contributed by atoms with Gasteiger partial charge in [0.25, 0.3) is 0 Å². The second-order valence-electron chi connectivity index (χ2n) is 5.48. The van der Waals surface area contributed by atoms with E-state index in [-0.39, 0.29) is 0 Å². The van der Waals surface area contributed by atoms with E-state index in [1.54, 1.807) is 0 Å². The number of aryl methyl sites for hydroxylation is 2. The Morgan fingerprint density at radius 2 is 1.68 bits per heavy atom. The van der Waals surface area contributed by atoms with Crippen LogP contribution < -0.4 is 10.1 Å². The Morgan fingerprint density at radius 1 is 1.00 bits per heavy atom. The van der Waals surface area contributed by atoms with Crippen molar-refractivity contribution in [2.24, 2.45) is 0 Å². The fourth-order valence-corrected chi connectivity index (χ4v) is 2.19. The molecule has 0 aliphatic rings.